The van der Waals surface area contributed by atoms with Crippen LogP contribution < -0.4 is 0 Å². The van der Waals surface area contributed by atoms with Crippen molar-refractivity contribution in [1.82, 2.24) is 0 Å². The van der Waals surface area contributed by atoms with Gasteiger partial charge in [0.2, 0.25) is 0 Å². The molecule has 104 valence electrons. The lowest BCUT2D eigenvalue weighted by Crippen LogP contribution is -1.95. The molecule has 0 aliphatic heterocycles. The Balaban J connectivity index is 2.09. The first-order valence-corrected chi connectivity index (χ1v) is 8.13. The Morgan fingerprint density at radius 3 is 2.25 bits per heavy atom. The van der Waals surface area contributed by atoms with Crippen molar-refractivity contribution in [2.75, 3.05) is 6.26 Å². The molecule has 0 spiro atoms. The summed E-state index contributed by atoms with van der Waals surface area (Å²) in [5.41, 5.74) is 4.98. The van der Waals surface area contributed by atoms with Crippen LogP contribution >= 0.6 is 11.8 Å². The van der Waals surface area contributed by atoms with Gasteiger partial charge in [0, 0.05) is 0 Å². The third-order valence-corrected chi connectivity index (χ3v) is 3.93. The largest absolute Gasteiger partial charge is 0.247 e. The third-order valence-electron chi connectivity index (χ3n) is 3.17. The van der Waals surface area contributed by atoms with Gasteiger partial charge in [-0.15, -0.1) is 11.8 Å². The molecule has 0 radical (unpaired) electrons. The molecule has 0 saturated carbocycles. The fourth-order valence-corrected chi connectivity index (χ4v) is 2.76. The van der Waals surface area contributed by atoms with Gasteiger partial charge in [0.05, 0.1) is 10.7 Å². The van der Waals surface area contributed by atoms with Crippen molar-refractivity contribution in [3.8, 4) is 0 Å². The molecule has 0 amide bonds. The van der Waals surface area contributed by atoms with Crippen molar-refractivity contribution in [2.24, 2.45) is 4.99 Å². The van der Waals surface area contributed by atoms with Crippen LogP contribution in [0.3, 0.4) is 0 Å². The number of aryl methyl sites for hydroxylation is 3. The molecule has 1 nitrogen and oxygen atoms in total. The van der Waals surface area contributed by atoms with Crippen molar-refractivity contribution >= 4 is 22.5 Å². The molecule has 0 saturated heterocycles. The molecule has 20 heavy (non-hydrogen) atoms. The van der Waals surface area contributed by atoms with Gasteiger partial charge >= 0.3 is 0 Å². The van der Waals surface area contributed by atoms with E-state index in [1.54, 1.807) is 11.8 Å². The molecule has 0 aliphatic carbocycles. The lowest BCUT2D eigenvalue weighted by Gasteiger charge is -2.05. The van der Waals surface area contributed by atoms with Crippen molar-refractivity contribution in [2.45, 2.75) is 26.7 Å². The second kappa shape index (κ2) is 7.30. The standard InChI is InChI=1S/C18H21NS/c1-14-11-15(2)13-17(12-14)19-18(20-3)10-9-16-7-5-4-6-8-16/h4-8,11-13H,9-10H2,1-3H3. The molecular weight excluding hydrogens is 262 g/mol. The van der Waals surface area contributed by atoms with Gasteiger partial charge in [0.25, 0.3) is 0 Å². The van der Waals surface area contributed by atoms with E-state index in [1.807, 2.05) is 0 Å². The van der Waals surface area contributed by atoms with Gasteiger partial charge in [-0.3, -0.25) is 0 Å². The van der Waals surface area contributed by atoms with E-state index in [0.717, 1.165) is 18.5 Å². The van der Waals surface area contributed by atoms with E-state index in [4.69, 9.17) is 4.99 Å². The normalized spacial score (nSPS) is 11.7. The average Bonchev–Trinajstić information content (AvgIpc) is 2.43. The molecule has 0 atom stereocenters. The van der Waals surface area contributed by atoms with Crippen LogP contribution in [0.25, 0.3) is 0 Å². The van der Waals surface area contributed by atoms with E-state index in [9.17, 15) is 0 Å². The minimum absolute atomic E-state index is 0.998. The van der Waals surface area contributed by atoms with Crippen LogP contribution in [0.1, 0.15) is 23.1 Å². The summed E-state index contributed by atoms with van der Waals surface area (Å²) in [6.45, 7) is 4.24. The number of hydrogen-bond acceptors (Lipinski definition) is 2. The summed E-state index contributed by atoms with van der Waals surface area (Å²) in [4.78, 5) is 4.79. The Hall–Kier alpha value is -1.54. The second-order valence-corrected chi connectivity index (χ2v) is 5.92. The van der Waals surface area contributed by atoms with Gasteiger partial charge in [-0.2, -0.15) is 0 Å². The lowest BCUT2D eigenvalue weighted by atomic mass is 10.1. The monoisotopic (exact) mass is 283 g/mol. The van der Waals surface area contributed by atoms with Gasteiger partial charge in [0.15, 0.2) is 0 Å². The molecule has 0 unspecified atom stereocenters. The number of rotatable bonds is 4. The maximum atomic E-state index is 4.79. The maximum absolute atomic E-state index is 4.79. The highest BCUT2D eigenvalue weighted by Gasteiger charge is 2.01. The molecule has 0 aliphatic rings. The molecule has 0 fully saturated rings. The third kappa shape index (κ3) is 4.53. The molecule has 2 aromatic carbocycles. The minimum Gasteiger partial charge on any atom is -0.247 e. The van der Waals surface area contributed by atoms with Crippen LogP contribution in [0.5, 0.6) is 0 Å². The summed E-state index contributed by atoms with van der Waals surface area (Å²) in [5.74, 6) is 0. The van der Waals surface area contributed by atoms with Crippen molar-refractivity contribution < 1.29 is 0 Å². The molecule has 2 heteroatoms. The van der Waals surface area contributed by atoms with Crippen molar-refractivity contribution in [1.29, 1.82) is 0 Å². The quantitative estimate of drug-likeness (QED) is 0.546. The Labute approximate surface area is 126 Å². The molecule has 0 N–H and O–H groups in total. The van der Waals surface area contributed by atoms with Crippen LogP contribution in [-0.4, -0.2) is 11.3 Å². The number of thioether (sulfide) groups is 1. The van der Waals surface area contributed by atoms with E-state index in [2.05, 4.69) is 68.6 Å². The fraction of sp³-hybridized carbons (Fsp3) is 0.278. The smallest absolute Gasteiger partial charge is 0.0739 e. The van der Waals surface area contributed by atoms with E-state index in [0.29, 0.717) is 0 Å². The van der Waals surface area contributed by atoms with Crippen LogP contribution in [0.4, 0.5) is 5.69 Å². The van der Waals surface area contributed by atoms with E-state index in [-0.39, 0.29) is 0 Å². The number of benzene rings is 2. The molecule has 2 rings (SSSR count). The summed E-state index contributed by atoms with van der Waals surface area (Å²) >= 11 is 1.75. The Morgan fingerprint density at radius 1 is 1.00 bits per heavy atom. The average molecular weight is 283 g/mol. The van der Waals surface area contributed by atoms with Crippen LogP contribution in [0.2, 0.25) is 0 Å². The van der Waals surface area contributed by atoms with Gasteiger partial charge in [0.1, 0.15) is 0 Å². The lowest BCUT2D eigenvalue weighted by molar-refractivity contribution is 1.05. The Kier molecular flexibility index (Phi) is 5.42. The van der Waals surface area contributed by atoms with Crippen molar-refractivity contribution in [3.05, 3.63) is 65.2 Å². The first kappa shape index (κ1) is 14.9. The summed E-state index contributed by atoms with van der Waals surface area (Å²) < 4.78 is 0. The number of nitrogens with zero attached hydrogens (tertiary/aromatic N) is 1. The van der Waals surface area contributed by atoms with Gasteiger partial charge in [-0.25, -0.2) is 4.99 Å². The fourth-order valence-electron chi connectivity index (χ4n) is 2.26. The predicted octanol–water partition coefficient (Wildman–Crippen LogP) is 5.33. The van der Waals surface area contributed by atoms with Crippen molar-refractivity contribution in [3.63, 3.8) is 0 Å². The topological polar surface area (TPSA) is 12.4 Å². The van der Waals surface area contributed by atoms with Crippen LogP contribution in [-0.2, 0) is 6.42 Å². The zero-order chi connectivity index (χ0) is 14.4. The zero-order valence-corrected chi connectivity index (χ0v) is 13.2. The van der Waals surface area contributed by atoms with Crippen LogP contribution in [0, 0.1) is 13.8 Å². The number of aliphatic imine (C=N–C) groups is 1. The second-order valence-electron chi connectivity index (χ2n) is 5.04. The summed E-state index contributed by atoms with van der Waals surface area (Å²) in [5, 5.41) is 1.19. The first-order chi connectivity index (χ1) is 9.67. The van der Waals surface area contributed by atoms with E-state index in [1.165, 1.54) is 21.7 Å². The molecule has 0 bridgehead atoms. The Bertz CT molecular complexity index is 567. The first-order valence-electron chi connectivity index (χ1n) is 6.91. The van der Waals surface area contributed by atoms with Crippen LogP contribution in [0.15, 0.2) is 53.5 Å². The summed E-state index contributed by atoms with van der Waals surface area (Å²) in [6.07, 6.45) is 4.15. The summed E-state index contributed by atoms with van der Waals surface area (Å²) in [6, 6.07) is 17.1. The molecule has 0 heterocycles. The van der Waals surface area contributed by atoms with Gasteiger partial charge < -0.3 is 0 Å². The van der Waals surface area contributed by atoms with Gasteiger partial charge in [-0.05, 0) is 61.8 Å². The van der Waals surface area contributed by atoms with E-state index < -0.39 is 0 Å². The predicted molar refractivity (Wildman–Crippen MR) is 91.3 cm³/mol. The number of hydrogen-bond donors (Lipinski definition) is 0. The van der Waals surface area contributed by atoms with E-state index >= 15 is 0 Å². The zero-order valence-electron chi connectivity index (χ0n) is 12.4. The molecule has 2 aromatic rings. The Morgan fingerprint density at radius 2 is 1.65 bits per heavy atom. The minimum atomic E-state index is 0.998. The molecular formula is C18H21NS. The summed E-state index contributed by atoms with van der Waals surface area (Å²) in [7, 11) is 0. The highest BCUT2D eigenvalue weighted by atomic mass is 32.2. The SMILES string of the molecule is CSC(CCc1ccccc1)=Nc1cc(C)cc(C)c1. The highest BCUT2D eigenvalue weighted by molar-refractivity contribution is 8.13. The molecule has 0 aromatic heterocycles. The van der Waals surface area contributed by atoms with Gasteiger partial charge in [-0.1, -0.05) is 36.4 Å². The highest BCUT2D eigenvalue weighted by Crippen LogP contribution is 2.20. The maximum Gasteiger partial charge on any atom is 0.0739 e.